The molecule has 0 aliphatic carbocycles. The lowest BCUT2D eigenvalue weighted by Gasteiger charge is -2.10. The number of phenols is 1. The van der Waals surface area contributed by atoms with Crippen molar-refractivity contribution in [3.05, 3.63) is 48.5 Å². The Labute approximate surface area is 100 Å². The SMILES string of the molecule is C#CCOc1cc(O)ccc1-c1ccccc1. The number of phenolic OH excluding ortho intramolecular Hbond substituents is 1. The first kappa shape index (κ1) is 11.1. The molecule has 2 aromatic carbocycles. The lowest BCUT2D eigenvalue weighted by atomic mass is 10.0. The monoisotopic (exact) mass is 224 g/mol. The molecule has 0 heterocycles. The first-order chi connectivity index (χ1) is 8.31. The molecular formula is C15H12O2. The molecule has 2 rings (SSSR count). The second-order valence-electron chi connectivity index (χ2n) is 3.54. The van der Waals surface area contributed by atoms with E-state index in [1.54, 1.807) is 12.1 Å². The van der Waals surface area contributed by atoms with Crippen LogP contribution in [0.5, 0.6) is 11.5 Å². The van der Waals surface area contributed by atoms with Gasteiger partial charge in [-0.1, -0.05) is 36.3 Å². The van der Waals surface area contributed by atoms with Crippen LogP contribution in [-0.4, -0.2) is 11.7 Å². The molecular weight excluding hydrogens is 212 g/mol. The first-order valence-corrected chi connectivity index (χ1v) is 5.26. The summed E-state index contributed by atoms with van der Waals surface area (Å²) < 4.78 is 5.43. The number of hydrogen-bond donors (Lipinski definition) is 1. The van der Waals surface area contributed by atoms with Gasteiger partial charge in [0, 0.05) is 11.6 Å². The molecule has 0 aromatic heterocycles. The van der Waals surface area contributed by atoms with E-state index in [9.17, 15) is 5.11 Å². The Morgan fingerprint density at radius 1 is 1.12 bits per heavy atom. The zero-order valence-corrected chi connectivity index (χ0v) is 9.26. The summed E-state index contributed by atoms with van der Waals surface area (Å²) in [5.41, 5.74) is 1.94. The lowest BCUT2D eigenvalue weighted by molar-refractivity contribution is 0.368. The van der Waals surface area contributed by atoms with Crippen molar-refractivity contribution >= 4 is 0 Å². The van der Waals surface area contributed by atoms with E-state index in [1.165, 1.54) is 0 Å². The van der Waals surface area contributed by atoms with Gasteiger partial charge in [0.05, 0.1) is 0 Å². The number of benzene rings is 2. The van der Waals surface area contributed by atoms with E-state index in [0.717, 1.165) is 11.1 Å². The van der Waals surface area contributed by atoms with Crippen molar-refractivity contribution in [2.75, 3.05) is 6.61 Å². The van der Waals surface area contributed by atoms with Crippen LogP contribution in [0.25, 0.3) is 11.1 Å². The van der Waals surface area contributed by atoms with E-state index in [4.69, 9.17) is 11.2 Å². The number of hydrogen-bond acceptors (Lipinski definition) is 2. The topological polar surface area (TPSA) is 29.5 Å². The molecule has 1 N–H and O–H groups in total. The van der Waals surface area contributed by atoms with E-state index >= 15 is 0 Å². The zero-order valence-electron chi connectivity index (χ0n) is 9.26. The highest BCUT2D eigenvalue weighted by atomic mass is 16.5. The van der Waals surface area contributed by atoms with Crippen LogP contribution in [0.2, 0.25) is 0 Å². The molecule has 0 aliphatic rings. The fourth-order valence-corrected chi connectivity index (χ4v) is 1.61. The van der Waals surface area contributed by atoms with E-state index in [2.05, 4.69) is 5.92 Å². The van der Waals surface area contributed by atoms with Gasteiger partial charge >= 0.3 is 0 Å². The van der Waals surface area contributed by atoms with Crippen LogP contribution < -0.4 is 4.74 Å². The molecule has 2 heteroatoms. The summed E-state index contributed by atoms with van der Waals surface area (Å²) in [6.07, 6.45) is 5.17. The Bertz CT molecular complexity index is 539. The van der Waals surface area contributed by atoms with Gasteiger partial charge in [-0.25, -0.2) is 0 Å². The van der Waals surface area contributed by atoms with Crippen LogP contribution >= 0.6 is 0 Å². The van der Waals surface area contributed by atoms with Crippen LogP contribution in [0.15, 0.2) is 48.5 Å². The second kappa shape index (κ2) is 5.09. The molecule has 0 unspecified atom stereocenters. The number of terminal acetylenes is 1. The zero-order chi connectivity index (χ0) is 12.1. The summed E-state index contributed by atoms with van der Waals surface area (Å²) in [4.78, 5) is 0. The summed E-state index contributed by atoms with van der Waals surface area (Å²) >= 11 is 0. The average molecular weight is 224 g/mol. The minimum atomic E-state index is 0.164. The van der Waals surface area contributed by atoms with Gasteiger partial charge in [0.1, 0.15) is 18.1 Å². The Morgan fingerprint density at radius 2 is 1.88 bits per heavy atom. The maximum atomic E-state index is 9.45. The van der Waals surface area contributed by atoms with Gasteiger partial charge in [0.25, 0.3) is 0 Å². The van der Waals surface area contributed by atoms with Crippen molar-refractivity contribution < 1.29 is 9.84 Å². The van der Waals surface area contributed by atoms with Gasteiger partial charge < -0.3 is 9.84 Å². The Kier molecular flexibility index (Phi) is 3.32. The van der Waals surface area contributed by atoms with Gasteiger partial charge in [-0.3, -0.25) is 0 Å². The third-order valence-electron chi connectivity index (χ3n) is 2.36. The minimum Gasteiger partial charge on any atom is -0.508 e. The Morgan fingerprint density at radius 3 is 2.59 bits per heavy atom. The maximum absolute atomic E-state index is 9.45. The Balaban J connectivity index is 2.43. The van der Waals surface area contributed by atoms with Gasteiger partial charge in [-0.15, -0.1) is 6.42 Å². The van der Waals surface area contributed by atoms with Crippen molar-refractivity contribution in [2.45, 2.75) is 0 Å². The number of aromatic hydroxyl groups is 1. The fraction of sp³-hybridized carbons (Fsp3) is 0.0667. The number of rotatable bonds is 3. The molecule has 0 atom stereocenters. The molecule has 2 nitrogen and oxygen atoms in total. The molecule has 0 aliphatic heterocycles. The van der Waals surface area contributed by atoms with Gasteiger partial charge in [0.2, 0.25) is 0 Å². The predicted molar refractivity (Wildman–Crippen MR) is 67.9 cm³/mol. The van der Waals surface area contributed by atoms with Crippen molar-refractivity contribution in [3.8, 4) is 35.0 Å². The molecule has 0 saturated heterocycles. The van der Waals surface area contributed by atoms with Crippen LogP contribution in [0.1, 0.15) is 0 Å². The van der Waals surface area contributed by atoms with Crippen molar-refractivity contribution in [1.82, 2.24) is 0 Å². The molecule has 0 bridgehead atoms. The van der Waals surface area contributed by atoms with Crippen LogP contribution in [0, 0.1) is 12.3 Å². The molecule has 0 saturated carbocycles. The largest absolute Gasteiger partial charge is 0.508 e. The van der Waals surface area contributed by atoms with Crippen molar-refractivity contribution in [2.24, 2.45) is 0 Å². The van der Waals surface area contributed by atoms with Crippen LogP contribution in [0.4, 0.5) is 0 Å². The van der Waals surface area contributed by atoms with Crippen molar-refractivity contribution in [1.29, 1.82) is 0 Å². The average Bonchev–Trinajstić information content (AvgIpc) is 2.37. The van der Waals surface area contributed by atoms with E-state index < -0.39 is 0 Å². The standard InChI is InChI=1S/C15H12O2/c1-2-10-17-15-11-13(16)8-9-14(15)12-6-4-3-5-7-12/h1,3-9,11,16H,10H2. The van der Waals surface area contributed by atoms with Crippen LogP contribution in [-0.2, 0) is 0 Å². The molecule has 0 spiro atoms. The molecule has 2 aromatic rings. The normalized spacial score (nSPS) is 9.59. The van der Waals surface area contributed by atoms with E-state index in [1.807, 2.05) is 36.4 Å². The van der Waals surface area contributed by atoms with Gasteiger partial charge in [-0.05, 0) is 17.7 Å². The third-order valence-corrected chi connectivity index (χ3v) is 2.36. The van der Waals surface area contributed by atoms with Crippen LogP contribution in [0.3, 0.4) is 0 Å². The molecule has 84 valence electrons. The smallest absolute Gasteiger partial charge is 0.148 e. The summed E-state index contributed by atoms with van der Waals surface area (Å²) in [6.45, 7) is 0.184. The first-order valence-electron chi connectivity index (χ1n) is 5.26. The summed E-state index contributed by atoms with van der Waals surface area (Å²) in [5.74, 6) is 3.17. The Hall–Kier alpha value is -2.40. The molecule has 0 amide bonds. The quantitative estimate of drug-likeness (QED) is 0.812. The highest BCUT2D eigenvalue weighted by molar-refractivity contribution is 5.71. The van der Waals surface area contributed by atoms with Gasteiger partial charge in [0.15, 0.2) is 0 Å². The van der Waals surface area contributed by atoms with Crippen molar-refractivity contribution in [3.63, 3.8) is 0 Å². The summed E-state index contributed by atoms with van der Waals surface area (Å²) in [5, 5.41) is 9.45. The highest BCUT2D eigenvalue weighted by Gasteiger charge is 2.06. The molecule has 0 fully saturated rings. The number of ether oxygens (including phenoxy) is 1. The molecule has 17 heavy (non-hydrogen) atoms. The maximum Gasteiger partial charge on any atom is 0.148 e. The summed E-state index contributed by atoms with van der Waals surface area (Å²) in [7, 11) is 0. The summed E-state index contributed by atoms with van der Waals surface area (Å²) in [6, 6.07) is 14.8. The minimum absolute atomic E-state index is 0.164. The second-order valence-corrected chi connectivity index (χ2v) is 3.54. The third kappa shape index (κ3) is 2.59. The predicted octanol–water partition coefficient (Wildman–Crippen LogP) is 3.07. The van der Waals surface area contributed by atoms with Gasteiger partial charge in [-0.2, -0.15) is 0 Å². The fourth-order valence-electron chi connectivity index (χ4n) is 1.61. The van der Waals surface area contributed by atoms with E-state index in [0.29, 0.717) is 5.75 Å². The van der Waals surface area contributed by atoms with E-state index in [-0.39, 0.29) is 12.4 Å². The lowest BCUT2D eigenvalue weighted by Crippen LogP contribution is -1.95. The highest BCUT2D eigenvalue weighted by Crippen LogP contribution is 2.32. The molecule has 0 radical (unpaired) electrons.